The number of benzene rings is 1. The van der Waals surface area contributed by atoms with Gasteiger partial charge in [0.1, 0.15) is 22.8 Å². The smallest absolute Gasteiger partial charge is 0.203 e. The molecule has 3 atom stereocenters. The third-order valence-electron chi connectivity index (χ3n) is 10.1. The summed E-state index contributed by atoms with van der Waals surface area (Å²) in [6.45, 7) is 13.6. The zero-order chi connectivity index (χ0) is 29.8. The number of allylic oxidation sites excluding steroid dienone is 1. The Morgan fingerprint density at radius 2 is 1.52 bits per heavy atom. The van der Waals surface area contributed by atoms with Crippen LogP contribution in [0.1, 0.15) is 97.3 Å². The number of aliphatic hydroxyl groups is 3. The van der Waals surface area contributed by atoms with Gasteiger partial charge in [0.15, 0.2) is 17.2 Å². The third kappa shape index (κ3) is 3.99. The number of aromatic hydroxyl groups is 1. The summed E-state index contributed by atoms with van der Waals surface area (Å²) in [5, 5.41) is 46.0. The van der Waals surface area contributed by atoms with Crippen LogP contribution in [0.2, 0.25) is 0 Å². The SMILES string of the molecule is CC(=O)C1=C(O)[C@]2(O)C(=O)C3=C(O)c4c(ccc(CC5CC(C)(C)CC(C)(C)C5)c4O)C[C@]3(C)C[C@]2(C)CC1=O. The van der Waals surface area contributed by atoms with Gasteiger partial charge >= 0.3 is 0 Å². The molecule has 0 amide bonds. The first-order valence-corrected chi connectivity index (χ1v) is 14.3. The zero-order valence-electron chi connectivity index (χ0n) is 24.7. The fraction of sp³-hybridized carbons (Fsp3) is 0.606. The first-order chi connectivity index (χ1) is 18.3. The largest absolute Gasteiger partial charge is 0.508 e. The van der Waals surface area contributed by atoms with Crippen molar-refractivity contribution in [3.05, 3.63) is 45.7 Å². The molecule has 2 saturated carbocycles. The van der Waals surface area contributed by atoms with Crippen LogP contribution in [0, 0.1) is 27.6 Å². The monoisotopic (exact) mass is 550 g/mol. The van der Waals surface area contributed by atoms with Gasteiger partial charge in [0.2, 0.25) is 5.78 Å². The highest BCUT2D eigenvalue weighted by Crippen LogP contribution is 2.62. The molecule has 0 radical (unpaired) electrons. The lowest BCUT2D eigenvalue weighted by Gasteiger charge is -2.56. The van der Waals surface area contributed by atoms with Crippen molar-refractivity contribution in [3.63, 3.8) is 0 Å². The van der Waals surface area contributed by atoms with Gasteiger partial charge in [-0.2, -0.15) is 0 Å². The number of carbonyl (C=O) groups is 3. The normalized spacial score (nSPS) is 33.4. The van der Waals surface area contributed by atoms with Crippen LogP contribution in [0.5, 0.6) is 5.75 Å². The van der Waals surface area contributed by atoms with Crippen LogP contribution in [0.25, 0.3) is 5.76 Å². The molecule has 4 aliphatic rings. The molecule has 0 bridgehead atoms. The number of ketones is 3. The highest BCUT2D eigenvalue weighted by atomic mass is 16.3. The summed E-state index contributed by atoms with van der Waals surface area (Å²) in [4.78, 5) is 39.2. The van der Waals surface area contributed by atoms with E-state index in [1.807, 2.05) is 12.1 Å². The molecule has 7 nitrogen and oxygen atoms in total. The number of hydrogen-bond acceptors (Lipinski definition) is 7. The molecule has 0 aromatic heterocycles. The van der Waals surface area contributed by atoms with Crippen LogP contribution in [0.15, 0.2) is 29.0 Å². The van der Waals surface area contributed by atoms with Gasteiger partial charge in [-0.15, -0.1) is 0 Å². The average molecular weight is 551 g/mol. The molecule has 0 saturated heterocycles. The highest BCUT2D eigenvalue weighted by Gasteiger charge is 2.68. The van der Waals surface area contributed by atoms with Crippen molar-refractivity contribution in [2.24, 2.45) is 27.6 Å². The van der Waals surface area contributed by atoms with E-state index in [4.69, 9.17) is 0 Å². The van der Waals surface area contributed by atoms with Crippen molar-refractivity contribution in [1.82, 2.24) is 0 Å². The van der Waals surface area contributed by atoms with Gasteiger partial charge in [-0.05, 0) is 73.3 Å². The number of phenolic OH excluding ortho intramolecular Hbond substituents is 1. The summed E-state index contributed by atoms with van der Waals surface area (Å²) in [5.41, 5.74) is -3.64. The minimum Gasteiger partial charge on any atom is -0.508 e. The molecular weight excluding hydrogens is 508 g/mol. The molecule has 2 fully saturated rings. The highest BCUT2D eigenvalue weighted by molar-refractivity contribution is 6.23. The summed E-state index contributed by atoms with van der Waals surface area (Å²) in [5.74, 6) is -3.37. The minimum absolute atomic E-state index is 0.0677. The second kappa shape index (κ2) is 8.54. The quantitative estimate of drug-likeness (QED) is 0.355. The number of rotatable bonds is 3. The molecule has 7 heteroatoms. The molecule has 0 spiro atoms. The van der Waals surface area contributed by atoms with Gasteiger partial charge in [-0.3, -0.25) is 14.4 Å². The van der Waals surface area contributed by atoms with E-state index in [2.05, 4.69) is 27.7 Å². The topological polar surface area (TPSA) is 132 Å². The maximum atomic E-state index is 14.1. The van der Waals surface area contributed by atoms with E-state index in [9.17, 15) is 34.8 Å². The van der Waals surface area contributed by atoms with E-state index < -0.39 is 50.9 Å². The second-order valence-electron chi connectivity index (χ2n) is 15.2. The molecule has 1 aromatic carbocycles. The standard InChI is InChI=1S/C33H42O7/c1-17(34)22-21(35)14-32(7)16-31(6)13-20-9-8-19(10-18-11-29(2,3)15-30(4,5)12-18)25(36)23(20)26(37)24(31)28(39)33(32,40)27(22)38/h8-9,18,36-38,40H,10-16H2,1-7H3/t31-,32+,33+/m1/s1. The first kappa shape index (κ1) is 28.6. The Labute approximate surface area is 236 Å². The summed E-state index contributed by atoms with van der Waals surface area (Å²) in [6.07, 6.45) is 3.92. The Hall–Kier alpha value is -2.93. The van der Waals surface area contributed by atoms with E-state index in [1.54, 1.807) is 13.8 Å². The fourth-order valence-corrected chi connectivity index (χ4v) is 9.38. The number of Topliss-reactive ketones (excluding diaryl/α,β-unsaturated/α-hetero) is 3. The van der Waals surface area contributed by atoms with Crippen molar-refractivity contribution in [2.45, 2.75) is 99.0 Å². The van der Waals surface area contributed by atoms with Crippen molar-refractivity contribution >= 4 is 23.1 Å². The number of phenols is 1. The summed E-state index contributed by atoms with van der Waals surface area (Å²) < 4.78 is 0. The van der Waals surface area contributed by atoms with E-state index in [0.29, 0.717) is 29.9 Å². The van der Waals surface area contributed by atoms with Crippen LogP contribution < -0.4 is 0 Å². The molecule has 0 unspecified atom stereocenters. The van der Waals surface area contributed by atoms with E-state index in [0.717, 1.165) is 26.2 Å². The van der Waals surface area contributed by atoms with Crippen LogP contribution in [0.3, 0.4) is 0 Å². The number of fused-ring (bicyclic) bond motifs is 3. The Balaban J connectivity index is 1.61. The lowest BCUT2D eigenvalue weighted by molar-refractivity contribution is -0.164. The number of hydrogen-bond donors (Lipinski definition) is 4. The summed E-state index contributed by atoms with van der Waals surface area (Å²) in [6, 6.07) is 3.80. The Morgan fingerprint density at radius 1 is 0.925 bits per heavy atom. The van der Waals surface area contributed by atoms with E-state index >= 15 is 0 Å². The second-order valence-corrected chi connectivity index (χ2v) is 15.2. The van der Waals surface area contributed by atoms with Gasteiger partial charge in [0.25, 0.3) is 0 Å². The van der Waals surface area contributed by atoms with Gasteiger partial charge in [-0.25, -0.2) is 0 Å². The van der Waals surface area contributed by atoms with Crippen molar-refractivity contribution in [2.75, 3.05) is 0 Å². The third-order valence-corrected chi connectivity index (χ3v) is 10.1. The van der Waals surface area contributed by atoms with Crippen LogP contribution in [0.4, 0.5) is 0 Å². The molecule has 4 N–H and O–H groups in total. The average Bonchev–Trinajstić information content (AvgIpc) is 2.75. The van der Waals surface area contributed by atoms with Crippen molar-refractivity contribution in [3.8, 4) is 5.75 Å². The summed E-state index contributed by atoms with van der Waals surface area (Å²) in [7, 11) is 0. The number of aliphatic hydroxyl groups excluding tert-OH is 2. The predicted molar refractivity (Wildman–Crippen MR) is 151 cm³/mol. The minimum atomic E-state index is -2.55. The molecular formula is C33H42O7. The number of carbonyl (C=O) groups excluding carboxylic acids is 3. The zero-order valence-corrected chi connectivity index (χ0v) is 24.7. The van der Waals surface area contributed by atoms with Crippen LogP contribution >= 0.6 is 0 Å². The maximum Gasteiger partial charge on any atom is 0.203 e. The van der Waals surface area contributed by atoms with E-state index in [-0.39, 0.29) is 40.6 Å². The predicted octanol–water partition coefficient (Wildman–Crippen LogP) is 5.70. The van der Waals surface area contributed by atoms with E-state index in [1.165, 1.54) is 0 Å². The van der Waals surface area contributed by atoms with Gasteiger partial charge in [0, 0.05) is 22.8 Å². The molecule has 216 valence electrons. The molecule has 0 heterocycles. The van der Waals surface area contributed by atoms with Crippen LogP contribution in [-0.4, -0.2) is 43.4 Å². The van der Waals surface area contributed by atoms with Crippen LogP contribution in [-0.2, 0) is 27.2 Å². The first-order valence-electron chi connectivity index (χ1n) is 14.3. The molecule has 40 heavy (non-hydrogen) atoms. The van der Waals surface area contributed by atoms with Gasteiger partial charge < -0.3 is 20.4 Å². The summed E-state index contributed by atoms with van der Waals surface area (Å²) >= 11 is 0. The molecule has 1 aromatic rings. The fourth-order valence-electron chi connectivity index (χ4n) is 9.38. The van der Waals surface area contributed by atoms with Gasteiger partial charge in [-0.1, -0.05) is 53.7 Å². The molecule has 0 aliphatic heterocycles. The van der Waals surface area contributed by atoms with Gasteiger partial charge in [0.05, 0.1) is 5.56 Å². The molecule has 4 aliphatic carbocycles. The molecule has 5 rings (SSSR count). The maximum absolute atomic E-state index is 14.1. The lowest BCUT2D eigenvalue weighted by Crippen LogP contribution is -2.65. The van der Waals surface area contributed by atoms with Crippen molar-refractivity contribution in [1.29, 1.82) is 0 Å². The van der Waals surface area contributed by atoms with Crippen molar-refractivity contribution < 1.29 is 34.8 Å². The Morgan fingerprint density at radius 3 is 2.10 bits per heavy atom. The Kier molecular flexibility index (Phi) is 6.11. The lowest BCUT2D eigenvalue weighted by atomic mass is 9.47. The Bertz CT molecular complexity index is 1410.